The number of ether oxygens (including phenoxy) is 2. The molecule has 2 aromatic carbocycles. The van der Waals surface area contributed by atoms with Crippen LogP contribution in [0.1, 0.15) is 15.9 Å². The first-order valence-corrected chi connectivity index (χ1v) is 6.83. The van der Waals surface area contributed by atoms with Gasteiger partial charge in [0.05, 0.1) is 6.61 Å². The lowest BCUT2D eigenvalue weighted by Crippen LogP contribution is -2.26. The van der Waals surface area contributed by atoms with E-state index in [0.29, 0.717) is 25.3 Å². The Kier molecular flexibility index (Phi) is 5.79. The number of carbonyl (C=O) groups excluding carboxylic acids is 1. The Hall–Kier alpha value is -2.33. The van der Waals surface area contributed by atoms with Crippen LogP contribution in [0.4, 0.5) is 0 Å². The summed E-state index contributed by atoms with van der Waals surface area (Å²) in [5, 5.41) is 2.78. The predicted molar refractivity (Wildman–Crippen MR) is 81.4 cm³/mol. The van der Waals surface area contributed by atoms with E-state index in [1.54, 1.807) is 19.2 Å². The number of rotatable bonds is 7. The van der Waals surface area contributed by atoms with Gasteiger partial charge in [-0.05, 0) is 29.8 Å². The number of amides is 1. The standard InChI is InChI=1S/C17H19NO3/c1-20-12-11-18-17(19)15-9-7-14(8-10-15)13-21-16-5-3-2-4-6-16/h2-10H,11-13H2,1H3,(H,18,19). The van der Waals surface area contributed by atoms with E-state index in [1.165, 1.54) is 0 Å². The van der Waals surface area contributed by atoms with Gasteiger partial charge in [0.25, 0.3) is 5.91 Å². The fourth-order valence-corrected chi connectivity index (χ4v) is 1.80. The molecule has 0 bridgehead atoms. The minimum Gasteiger partial charge on any atom is -0.489 e. The van der Waals surface area contributed by atoms with Crippen molar-refractivity contribution < 1.29 is 14.3 Å². The molecular weight excluding hydrogens is 266 g/mol. The summed E-state index contributed by atoms with van der Waals surface area (Å²) in [6.45, 7) is 1.50. The van der Waals surface area contributed by atoms with Crippen LogP contribution >= 0.6 is 0 Å². The van der Waals surface area contributed by atoms with Gasteiger partial charge in [-0.2, -0.15) is 0 Å². The van der Waals surface area contributed by atoms with E-state index in [2.05, 4.69) is 5.32 Å². The van der Waals surface area contributed by atoms with Crippen molar-refractivity contribution in [3.8, 4) is 5.75 Å². The van der Waals surface area contributed by atoms with Crippen LogP contribution in [0.5, 0.6) is 5.75 Å². The van der Waals surface area contributed by atoms with E-state index in [0.717, 1.165) is 11.3 Å². The number of para-hydroxylation sites is 1. The summed E-state index contributed by atoms with van der Waals surface area (Å²) in [5.41, 5.74) is 1.65. The zero-order chi connectivity index (χ0) is 14.9. The Morgan fingerprint density at radius 1 is 1.05 bits per heavy atom. The summed E-state index contributed by atoms with van der Waals surface area (Å²) in [4.78, 5) is 11.8. The molecule has 0 spiro atoms. The van der Waals surface area contributed by atoms with E-state index >= 15 is 0 Å². The molecule has 2 rings (SSSR count). The average molecular weight is 285 g/mol. The molecule has 0 aliphatic heterocycles. The summed E-state index contributed by atoms with van der Waals surface area (Å²) in [7, 11) is 1.60. The fraction of sp³-hybridized carbons (Fsp3) is 0.235. The number of methoxy groups -OCH3 is 1. The van der Waals surface area contributed by atoms with Crippen molar-refractivity contribution >= 4 is 5.91 Å². The molecule has 0 fully saturated rings. The molecule has 110 valence electrons. The second-order valence-corrected chi connectivity index (χ2v) is 4.55. The number of benzene rings is 2. The predicted octanol–water partition coefficient (Wildman–Crippen LogP) is 2.64. The zero-order valence-corrected chi connectivity index (χ0v) is 12.0. The topological polar surface area (TPSA) is 47.6 Å². The van der Waals surface area contributed by atoms with Crippen LogP contribution in [0.25, 0.3) is 0 Å². The minimum absolute atomic E-state index is 0.0948. The Morgan fingerprint density at radius 2 is 1.76 bits per heavy atom. The molecule has 0 aliphatic rings. The molecule has 0 radical (unpaired) electrons. The van der Waals surface area contributed by atoms with Crippen LogP contribution in [0.15, 0.2) is 54.6 Å². The summed E-state index contributed by atoms with van der Waals surface area (Å²) >= 11 is 0. The van der Waals surface area contributed by atoms with Crippen molar-refractivity contribution in [1.82, 2.24) is 5.32 Å². The van der Waals surface area contributed by atoms with Crippen molar-refractivity contribution in [3.63, 3.8) is 0 Å². The second-order valence-electron chi connectivity index (χ2n) is 4.55. The highest BCUT2D eigenvalue weighted by molar-refractivity contribution is 5.94. The van der Waals surface area contributed by atoms with Gasteiger partial charge in [-0.25, -0.2) is 0 Å². The molecule has 1 amide bonds. The van der Waals surface area contributed by atoms with E-state index in [-0.39, 0.29) is 5.91 Å². The summed E-state index contributed by atoms with van der Waals surface area (Å²) in [5.74, 6) is 0.737. The lowest BCUT2D eigenvalue weighted by atomic mass is 10.1. The molecule has 0 heterocycles. The number of hydrogen-bond acceptors (Lipinski definition) is 3. The Morgan fingerprint density at radius 3 is 2.43 bits per heavy atom. The van der Waals surface area contributed by atoms with E-state index in [1.807, 2.05) is 42.5 Å². The Bertz CT molecular complexity index is 552. The second kappa shape index (κ2) is 8.07. The molecule has 0 saturated carbocycles. The smallest absolute Gasteiger partial charge is 0.251 e. The number of nitrogens with one attached hydrogen (secondary N) is 1. The van der Waals surface area contributed by atoms with Crippen molar-refractivity contribution in [2.24, 2.45) is 0 Å². The molecule has 0 saturated heterocycles. The third-order valence-electron chi connectivity index (χ3n) is 2.96. The van der Waals surface area contributed by atoms with Crippen LogP contribution in [-0.4, -0.2) is 26.2 Å². The first kappa shape index (κ1) is 15.1. The molecular formula is C17H19NO3. The Labute approximate surface area is 124 Å². The van der Waals surface area contributed by atoms with Gasteiger partial charge >= 0.3 is 0 Å². The molecule has 0 aromatic heterocycles. The third-order valence-corrected chi connectivity index (χ3v) is 2.96. The lowest BCUT2D eigenvalue weighted by Gasteiger charge is -2.07. The number of carbonyl (C=O) groups is 1. The highest BCUT2D eigenvalue weighted by atomic mass is 16.5. The molecule has 0 unspecified atom stereocenters. The maximum atomic E-state index is 11.8. The van der Waals surface area contributed by atoms with Crippen LogP contribution in [0, 0.1) is 0 Å². The summed E-state index contributed by atoms with van der Waals surface area (Å²) < 4.78 is 10.5. The van der Waals surface area contributed by atoms with Gasteiger partial charge in [-0.15, -0.1) is 0 Å². The van der Waals surface area contributed by atoms with Gasteiger partial charge in [0, 0.05) is 19.2 Å². The third kappa shape index (κ3) is 4.93. The van der Waals surface area contributed by atoms with Gasteiger partial charge in [0.15, 0.2) is 0 Å². The van der Waals surface area contributed by atoms with Gasteiger partial charge in [-0.1, -0.05) is 30.3 Å². The molecule has 2 aromatic rings. The molecule has 4 heteroatoms. The molecule has 21 heavy (non-hydrogen) atoms. The van der Waals surface area contributed by atoms with Gasteiger partial charge in [0.1, 0.15) is 12.4 Å². The van der Waals surface area contributed by atoms with Gasteiger partial charge < -0.3 is 14.8 Å². The normalized spacial score (nSPS) is 10.1. The Balaban J connectivity index is 1.85. The van der Waals surface area contributed by atoms with Crippen LogP contribution in [0.3, 0.4) is 0 Å². The first-order valence-electron chi connectivity index (χ1n) is 6.83. The van der Waals surface area contributed by atoms with E-state index in [9.17, 15) is 4.79 Å². The fourth-order valence-electron chi connectivity index (χ4n) is 1.80. The molecule has 4 nitrogen and oxygen atoms in total. The molecule has 1 N–H and O–H groups in total. The zero-order valence-electron chi connectivity index (χ0n) is 12.0. The van der Waals surface area contributed by atoms with Crippen molar-refractivity contribution in [3.05, 3.63) is 65.7 Å². The van der Waals surface area contributed by atoms with Crippen LogP contribution in [-0.2, 0) is 11.3 Å². The summed E-state index contributed by atoms with van der Waals surface area (Å²) in [6.07, 6.45) is 0. The van der Waals surface area contributed by atoms with Crippen molar-refractivity contribution in [2.45, 2.75) is 6.61 Å². The maximum Gasteiger partial charge on any atom is 0.251 e. The highest BCUT2D eigenvalue weighted by Crippen LogP contribution is 2.12. The summed E-state index contributed by atoms with van der Waals surface area (Å²) in [6, 6.07) is 17.0. The molecule has 0 atom stereocenters. The van der Waals surface area contributed by atoms with Crippen molar-refractivity contribution in [1.29, 1.82) is 0 Å². The average Bonchev–Trinajstić information content (AvgIpc) is 2.54. The lowest BCUT2D eigenvalue weighted by molar-refractivity contribution is 0.0937. The molecule has 0 aliphatic carbocycles. The first-order chi connectivity index (χ1) is 10.3. The van der Waals surface area contributed by atoms with Gasteiger partial charge in [0.2, 0.25) is 0 Å². The van der Waals surface area contributed by atoms with Gasteiger partial charge in [-0.3, -0.25) is 4.79 Å². The maximum absolute atomic E-state index is 11.8. The SMILES string of the molecule is COCCNC(=O)c1ccc(COc2ccccc2)cc1. The minimum atomic E-state index is -0.0948. The van der Waals surface area contributed by atoms with Crippen LogP contribution < -0.4 is 10.1 Å². The van der Waals surface area contributed by atoms with E-state index < -0.39 is 0 Å². The number of hydrogen-bond donors (Lipinski definition) is 1. The highest BCUT2D eigenvalue weighted by Gasteiger charge is 2.04. The van der Waals surface area contributed by atoms with E-state index in [4.69, 9.17) is 9.47 Å². The quantitative estimate of drug-likeness (QED) is 0.796. The van der Waals surface area contributed by atoms with Crippen LogP contribution in [0.2, 0.25) is 0 Å². The monoisotopic (exact) mass is 285 g/mol. The van der Waals surface area contributed by atoms with Crippen molar-refractivity contribution in [2.75, 3.05) is 20.3 Å². The largest absolute Gasteiger partial charge is 0.489 e.